The summed E-state index contributed by atoms with van der Waals surface area (Å²) in [5.74, 6) is -1.15. The minimum Gasteiger partial charge on any atom is -0.481 e. The number of hydrogen-bond donors (Lipinski definition) is 2. The van der Waals surface area contributed by atoms with Crippen LogP contribution in [0.4, 0.5) is 0 Å². The molecule has 0 aromatic rings. The number of hydrogen-bond acceptors (Lipinski definition) is 4. The minimum absolute atomic E-state index is 0.0806. The van der Waals surface area contributed by atoms with Gasteiger partial charge in [0.2, 0.25) is 0 Å². The number of carboxylic acid groups (broad SMARTS) is 1. The lowest BCUT2D eigenvalue weighted by Crippen LogP contribution is -2.54. The highest BCUT2D eigenvalue weighted by molar-refractivity contribution is 7.92. The van der Waals surface area contributed by atoms with Crippen molar-refractivity contribution in [1.82, 2.24) is 0 Å². The second-order valence-electron chi connectivity index (χ2n) is 3.31. The third-order valence-corrected chi connectivity index (χ3v) is 4.12. The fourth-order valence-electron chi connectivity index (χ4n) is 1.50. The summed E-state index contributed by atoms with van der Waals surface area (Å²) in [5, 5.41) is 8.47. The molecule has 0 atom stereocenters. The maximum atomic E-state index is 10.8. The van der Waals surface area contributed by atoms with Crippen LogP contribution in [0.5, 0.6) is 0 Å². The first-order chi connectivity index (χ1) is 5.39. The topological polar surface area (TPSA) is 97.5 Å². The van der Waals surface area contributed by atoms with Gasteiger partial charge in [-0.3, -0.25) is 4.79 Å². The molecule has 6 heteroatoms. The fraction of sp³-hybridized carbons (Fsp3) is 0.833. The third kappa shape index (κ3) is 1.75. The lowest BCUT2D eigenvalue weighted by Gasteiger charge is -2.38. The molecule has 0 radical (unpaired) electrons. The van der Waals surface area contributed by atoms with Crippen LogP contribution < -0.4 is 5.73 Å². The van der Waals surface area contributed by atoms with Crippen LogP contribution in [-0.4, -0.2) is 37.5 Å². The van der Waals surface area contributed by atoms with Crippen molar-refractivity contribution < 1.29 is 18.3 Å². The number of carboxylic acids is 1. The average Bonchev–Trinajstić information content (AvgIpc) is 1.81. The Balaban J connectivity index is 2.65. The van der Waals surface area contributed by atoms with E-state index in [0.29, 0.717) is 0 Å². The molecule has 0 aromatic heterocycles. The highest BCUT2D eigenvalue weighted by atomic mass is 32.2. The number of aliphatic carboxylic acids is 1. The van der Waals surface area contributed by atoms with Gasteiger partial charge in [0.1, 0.15) is 0 Å². The van der Waals surface area contributed by atoms with E-state index in [2.05, 4.69) is 0 Å². The van der Waals surface area contributed by atoms with Crippen molar-refractivity contribution in [2.45, 2.75) is 6.42 Å². The van der Waals surface area contributed by atoms with Crippen molar-refractivity contribution in [3.8, 4) is 0 Å². The molecular formula is C6H11NO4S. The lowest BCUT2D eigenvalue weighted by molar-refractivity contribution is -0.139. The minimum atomic E-state index is -2.99. The molecule has 1 aliphatic heterocycles. The van der Waals surface area contributed by atoms with Gasteiger partial charge in [-0.05, 0) is 0 Å². The van der Waals surface area contributed by atoms with Gasteiger partial charge in [-0.25, -0.2) is 8.42 Å². The molecule has 1 aliphatic rings. The van der Waals surface area contributed by atoms with Gasteiger partial charge in [-0.2, -0.15) is 0 Å². The summed E-state index contributed by atoms with van der Waals surface area (Å²) in [6.07, 6.45) is -0.150. The van der Waals surface area contributed by atoms with Crippen LogP contribution in [0.15, 0.2) is 0 Å². The van der Waals surface area contributed by atoms with E-state index >= 15 is 0 Å². The zero-order chi connectivity index (χ0) is 9.41. The molecule has 0 amide bonds. The van der Waals surface area contributed by atoms with Gasteiger partial charge in [0.15, 0.2) is 9.84 Å². The van der Waals surface area contributed by atoms with E-state index < -0.39 is 21.2 Å². The van der Waals surface area contributed by atoms with Crippen molar-refractivity contribution in [1.29, 1.82) is 0 Å². The molecule has 0 aliphatic carbocycles. The quantitative estimate of drug-likeness (QED) is 0.589. The van der Waals surface area contributed by atoms with Crippen LogP contribution in [0.1, 0.15) is 6.42 Å². The first-order valence-electron chi connectivity index (χ1n) is 3.51. The van der Waals surface area contributed by atoms with Gasteiger partial charge in [0.05, 0.1) is 17.9 Å². The Morgan fingerprint density at radius 3 is 2.25 bits per heavy atom. The van der Waals surface area contributed by atoms with Gasteiger partial charge < -0.3 is 10.8 Å². The van der Waals surface area contributed by atoms with Crippen molar-refractivity contribution in [3.63, 3.8) is 0 Å². The molecule has 0 spiro atoms. The van der Waals surface area contributed by atoms with Crippen molar-refractivity contribution >= 4 is 15.8 Å². The van der Waals surface area contributed by atoms with Crippen molar-refractivity contribution in [2.24, 2.45) is 11.1 Å². The third-order valence-electron chi connectivity index (χ3n) is 2.01. The predicted octanol–water partition coefficient (Wildman–Crippen LogP) is -1.17. The van der Waals surface area contributed by atoms with E-state index in [0.717, 1.165) is 0 Å². The van der Waals surface area contributed by atoms with E-state index in [9.17, 15) is 13.2 Å². The van der Waals surface area contributed by atoms with Crippen molar-refractivity contribution in [3.05, 3.63) is 0 Å². The first kappa shape index (κ1) is 9.47. The Labute approximate surface area is 70.5 Å². The van der Waals surface area contributed by atoms with Crippen molar-refractivity contribution in [2.75, 3.05) is 18.1 Å². The van der Waals surface area contributed by atoms with Gasteiger partial charge in [-0.15, -0.1) is 0 Å². The van der Waals surface area contributed by atoms with Gasteiger partial charge in [0, 0.05) is 12.0 Å². The van der Waals surface area contributed by atoms with E-state index in [1.165, 1.54) is 0 Å². The first-order valence-corrected chi connectivity index (χ1v) is 5.34. The van der Waals surface area contributed by atoms with E-state index in [-0.39, 0.29) is 24.5 Å². The number of nitrogens with two attached hydrogens (primary N) is 1. The van der Waals surface area contributed by atoms with Crippen LogP contribution in [0.25, 0.3) is 0 Å². The Bertz CT molecular complexity index is 283. The summed E-state index contributed by atoms with van der Waals surface area (Å²) < 4.78 is 21.6. The smallest absolute Gasteiger partial charge is 0.304 e. The molecule has 0 bridgehead atoms. The van der Waals surface area contributed by atoms with Crippen LogP contribution in [0.3, 0.4) is 0 Å². The normalized spacial score (nSPS) is 24.4. The Morgan fingerprint density at radius 2 is 2.00 bits per heavy atom. The average molecular weight is 193 g/mol. The summed E-state index contributed by atoms with van der Waals surface area (Å²) in [6.45, 7) is 0.124. The standard InChI is InChI=1S/C6H11NO4S/c7-2-6(1-5(8)9)3-12(10,11)4-6/h1-4,7H2,(H,8,9). The summed E-state index contributed by atoms with van der Waals surface area (Å²) in [7, 11) is -2.99. The zero-order valence-corrected chi connectivity index (χ0v) is 7.30. The predicted molar refractivity (Wildman–Crippen MR) is 42.4 cm³/mol. The second kappa shape index (κ2) is 2.70. The summed E-state index contributed by atoms with van der Waals surface area (Å²) >= 11 is 0. The van der Waals surface area contributed by atoms with Gasteiger partial charge in [-0.1, -0.05) is 0 Å². The number of sulfone groups is 1. The second-order valence-corrected chi connectivity index (χ2v) is 5.37. The maximum absolute atomic E-state index is 10.8. The Morgan fingerprint density at radius 1 is 1.50 bits per heavy atom. The molecular weight excluding hydrogens is 182 g/mol. The highest BCUT2D eigenvalue weighted by Crippen LogP contribution is 2.35. The largest absolute Gasteiger partial charge is 0.481 e. The molecule has 0 aromatic carbocycles. The van der Waals surface area contributed by atoms with Gasteiger partial charge in [0.25, 0.3) is 0 Å². The Kier molecular flexibility index (Phi) is 2.13. The maximum Gasteiger partial charge on any atom is 0.304 e. The van der Waals surface area contributed by atoms with E-state index in [4.69, 9.17) is 10.8 Å². The molecule has 5 nitrogen and oxygen atoms in total. The molecule has 1 saturated heterocycles. The molecule has 70 valence electrons. The van der Waals surface area contributed by atoms with E-state index in [1.54, 1.807) is 0 Å². The molecule has 12 heavy (non-hydrogen) atoms. The molecule has 1 heterocycles. The summed E-state index contributed by atoms with van der Waals surface area (Å²) in [4.78, 5) is 10.3. The van der Waals surface area contributed by atoms with Gasteiger partial charge >= 0.3 is 5.97 Å². The summed E-state index contributed by atoms with van der Waals surface area (Å²) in [6, 6.07) is 0. The Hall–Kier alpha value is -0.620. The molecule has 0 saturated carbocycles. The summed E-state index contributed by atoms with van der Waals surface area (Å²) in [5.41, 5.74) is 4.62. The molecule has 1 fully saturated rings. The monoisotopic (exact) mass is 193 g/mol. The van der Waals surface area contributed by atoms with E-state index in [1.807, 2.05) is 0 Å². The molecule has 0 unspecified atom stereocenters. The fourth-order valence-corrected chi connectivity index (χ4v) is 3.72. The lowest BCUT2D eigenvalue weighted by atomic mass is 9.88. The van der Waals surface area contributed by atoms with Crippen LogP contribution in [-0.2, 0) is 14.6 Å². The van der Waals surface area contributed by atoms with Crippen LogP contribution in [0, 0.1) is 5.41 Å². The SMILES string of the molecule is NCC1(CC(=O)O)CS(=O)(=O)C1. The molecule has 1 rings (SSSR count). The number of carbonyl (C=O) groups is 1. The molecule has 3 N–H and O–H groups in total. The highest BCUT2D eigenvalue weighted by Gasteiger charge is 2.48. The number of rotatable bonds is 3. The van der Waals surface area contributed by atoms with Crippen LogP contribution in [0.2, 0.25) is 0 Å². The zero-order valence-electron chi connectivity index (χ0n) is 6.49. The van der Waals surface area contributed by atoms with Crippen LogP contribution >= 0.6 is 0 Å².